The first kappa shape index (κ1) is 14.3. The number of anilines is 1. The van der Waals surface area contributed by atoms with Crippen LogP contribution >= 0.6 is 11.6 Å². The van der Waals surface area contributed by atoms with Crippen LogP contribution in [0.15, 0.2) is 59.7 Å². The van der Waals surface area contributed by atoms with Crippen LogP contribution in [0.3, 0.4) is 0 Å². The number of carbonyl (C=O) groups excluding carboxylic acids is 2. The lowest BCUT2D eigenvalue weighted by Gasteiger charge is -2.10. The van der Waals surface area contributed by atoms with Gasteiger partial charge in [0.15, 0.2) is 0 Å². The monoisotopic (exact) mass is 313 g/mol. The maximum atomic E-state index is 12.1. The SMILES string of the molecule is O=C(NC1=NN(c2ccccc2)C(=O)C1)c1cccc(Cl)c1. The van der Waals surface area contributed by atoms with Crippen LogP contribution in [0.1, 0.15) is 16.8 Å². The zero-order valence-corrected chi connectivity index (χ0v) is 12.2. The molecule has 0 atom stereocenters. The summed E-state index contributed by atoms with van der Waals surface area (Å²) in [6.07, 6.45) is 0.0567. The van der Waals surface area contributed by atoms with E-state index in [1.165, 1.54) is 5.01 Å². The van der Waals surface area contributed by atoms with Gasteiger partial charge in [0.05, 0.1) is 12.1 Å². The van der Waals surface area contributed by atoms with Crippen LogP contribution in [0.25, 0.3) is 0 Å². The molecule has 5 nitrogen and oxygen atoms in total. The molecule has 2 aromatic carbocycles. The van der Waals surface area contributed by atoms with Gasteiger partial charge in [-0.3, -0.25) is 9.59 Å². The molecule has 0 fully saturated rings. The third-order valence-electron chi connectivity index (χ3n) is 3.12. The van der Waals surface area contributed by atoms with Crippen molar-refractivity contribution < 1.29 is 9.59 Å². The normalized spacial score (nSPS) is 14.0. The number of halogens is 1. The number of nitrogens with zero attached hydrogens (tertiary/aromatic N) is 2. The highest BCUT2D eigenvalue weighted by atomic mass is 35.5. The Morgan fingerprint density at radius 1 is 1.14 bits per heavy atom. The Labute approximate surface area is 132 Å². The summed E-state index contributed by atoms with van der Waals surface area (Å²) in [6.45, 7) is 0. The van der Waals surface area contributed by atoms with E-state index in [4.69, 9.17) is 11.6 Å². The van der Waals surface area contributed by atoms with Gasteiger partial charge in [-0.25, -0.2) is 0 Å². The Balaban J connectivity index is 1.76. The summed E-state index contributed by atoms with van der Waals surface area (Å²) in [5, 5.41) is 8.57. The summed E-state index contributed by atoms with van der Waals surface area (Å²) in [6, 6.07) is 15.6. The molecule has 1 aliphatic rings. The largest absolute Gasteiger partial charge is 0.308 e. The van der Waals surface area contributed by atoms with Crippen LogP contribution in [0.2, 0.25) is 5.02 Å². The molecular weight excluding hydrogens is 302 g/mol. The number of rotatable bonds is 2. The Bertz CT molecular complexity index is 759. The second kappa shape index (κ2) is 5.99. The zero-order valence-electron chi connectivity index (χ0n) is 11.5. The highest BCUT2D eigenvalue weighted by molar-refractivity contribution is 6.31. The fourth-order valence-electron chi connectivity index (χ4n) is 2.10. The number of carbonyl (C=O) groups is 2. The molecule has 0 saturated heterocycles. The highest BCUT2D eigenvalue weighted by Crippen LogP contribution is 2.19. The lowest BCUT2D eigenvalue weighted by Crippen LogP contribution is -2.29. The van der Waals surface area contributed by atoms with E-state index < -0.39 is 0 Å². The molecule has 22 heavy (non-hydrogen) atoms. The van der Waals surface area contributed by atoms with E-state index in [1.807, 2.05) is 18.2 Å². The van der Waals surface area contributed by atoms with Gasteiger partial charge in [-0.1, -0.05) is 35.9 Å². The van der Waals surface area contributed by atoms with E-state index in [1.54, 1.807) is 36.4 Å². The second-order valence-corrected chi connectivity index (χ2v) is 5.17. The molecule has 2 aromatic rings. The third-order valence-corrected chi connectivity index (χ3v) is 3.36. The average Bonchev–Trinajstić information content (AvgIpc) is 2.88. The average molecular weight is 314 g/mol. The van der Waals surface area contributed by atoms with Gasteiger partial charge in [-0.2, -0.15) is 10.1 Å². The third kappa shape index (κ3) is 2.99. The van der Waals surface area contributed by atoms with Gasteiger partial charge in [0.25, 0.3) is 11.8 Å². The molecule has 0 saturated carbocycles. The molecule has 0 aliphatic carbocycles. The predicted molar refractivity (Wildman–Crippen MR) is 84.9 cm³/mol. The number of hydrazone groups is 1. The van der Waals surface area contributed by atoms with E-state index >= 15 is 0 Å². The predicted octanol–water partition coefficient (Wildman–Crippen LogP) is 2.82. The molecule has 1 N–H and O–H groups in total. The minimum Gasteiger partial charge on any atom is -0.308 e. The fraction of sp³-hybridized carbons (Fsp3) is 0.0625. The zero-order chi connectivity index (χ0) is 15.5. The summed E-state index contributed by atoms with van der Waals surface area (Å²) < 4.78 is 0. The van der Waals surface area contributed by atoms with E-state index in [0.717, 1.165) is 0 Å². The minimum atomic E-state index is -0.344. The lowest BCUT2D eigenvalue weighted by molar-refractivity contribution is -0.116. The number of amidine groups is 1. The summed E-state index contributed by atoms with van der Waals surface area (Å²) in [5.74, 6) is -0.213. The Hall–Kier alpha value is -2.66. The van der Waals surface area contributed by atoms with Crippen LogP contribution in [-0.4, -0.2) is 17.6 Å². The molecule has 110 valence electrons. The van der Waals surface area contributed by atoms with E-state index in [2.05, 4.69) is 10.4 Å². The number of nitrogens with one attached hydrogen (secondary N) is 1. The molecule has 2 amide bonds. The summed E-state index contributed by atoms with van der Waals surface area (Å²) in [4.78, 5) is 24.1. The van der Waals surface area contributed by atoms with Crippen molar-refractivity contribution >= 4 is 34.9 Å². The van der Waals surface area contributed by atoms with Crippen molar-refractivity contribution in [2.45, 2.75) is 6.42 Å². The van der Waals surface area contributed by atoms with Crippen molar-refractivity contribution in [2.75, 3.05) is 5.01 Å². The Morgan fingerprint density at radius 3 is 2.64 bits per heavy atom. The smallest absolute Gasteiger partial charge is 0.256 e. The molecule has 1 heterocycles. The number of para-hydroxylation sites is 1. The topological polar surface area (TPSA) is 61.8 Å². The van der Waals surface area contributed by atoms with Crippen molar-refractivity contribution in [3.63, 3.8) is 0 Å². The first-order valence-electron chi connectivity index (χ1n) is 6.66. The highest BCUT2D eigenvalue weighted by Gasteiger charge is 2.26. The first-order valence-corrected chi connectivity index (χ1v) is 7.04. The minimum absolute atomic E-state index is 0.0567. The Morgan fingerprint density at radius 2 is 1.91 bits per heavy atom. The molecule has 3 rings (SSSR count). The molecule has 0 radical (unpaired) electrons. The summed E-state index contributed by atoms with van der Waals surface area (Å²) in [5.41, 5.74) is 1.08. The molecule has 0 unspecified atom stereocenters. The maximum Gasteiger partial charge on any atom is 0.256 e. The van der Waals surface area contributed by atoms with Crippen LogP contribution in [0.4, 0.5) is 5.69 Å². The number of benzene rings is 2. The number of amides is 2. The first-order chi connectivity index (χ1) is 10.6. The summed E-state index contributed by atoms with van der Waals surface area (Å²) in [7, 11) is 0. The van der Waals surface area contributed by atoms with E-state index in [0.29, 0.717) is 22.1 Å². The second-order valence-electron chi connectivity index (χ2n) is 4.73. The molecule has 0 bridgehead atoms. The fourth-order valence-corrected chi connectivity index (χ4v) is 2.29. The van der Waals surface area contributed by atoms with E-state index in [9.17, 15) is 9.59 Å². The van der Waals surface area contributed by atoms with Gasteiger partial charge in [0.1, 0.15) is 5.84 Å². The molecule has 6 heteroatoms. The number of hydrogen-bond donors (Lipinski definition) is 1. The van der Waals surface area contributed by atoms with Gasteiger partial charge >= 0.3 is 0 Å². The van der Waals surface area contributed by atoms with Crippen molar-refractivity contribution in [3.8, 4) is 0 Å². The Kier molecular flexibility index (Phi) is 3.89. The van der Waals surface area contributed by atoms with Crippen LogP contribution in [-0.2, 0) is 4.79 Å². The molecular formula is C16H12ClN3O2. The quantitative estimate of drug-likeness (QED) is 0.926. The molecule has 0 spiro atoms. The number of hydrogen-bond acceptors (Lipinski definition) is 3. The van der Waals surface area contributed by atoms with Gasteiger partial charge in [0, 0.05) is 10.6 Å². The van der Waals surface area contributed by atoms with Crippen molar-refractivity contribution in [3.05, 3.63) is 65.2 Å². The van der Waals surface area contributed by atoms with Crippen LogP contribution in [0, 0.1) is 0 Å². The van der Waals surface area contributed by atoms with Gasteiger partial charge in [-0.15, -0.1) is 0 Å². The van der Waals surface area contributed by atoms with Gasteiger partial charge in [0.2, 0.25) is 0 Å². The summed E-state index contributed by atoms with van der Waals surface area (Å²) >= 11 is 5.86. The lowest BCUT2D eigenvalue weighted by atomic mass is 10.2. The standard InChI is InChI=1S/C16H12ClN3O2/c17-12-6-4-5-11(9-12)16(22)18-14-10-15(21)20(19-14)13-7-2-1-3-8-13/h1-9H,10H2,(H,18,19,22). The van der Waals surface area contributed by atoms with E-state index in [-0.39, 0.29) is 18.2 Å². The maximum absolute atomic E-state index is 12.1. The van der Waals surface area contributed by atoms with Crippen molar-refractivity contribution in [1.29, 1.82) is 0 Å². The van der Waals surface area contributed by atoms with Crippen LogP contribution in [0.5, 0.6) is 0 Å². The van der Waals surface area contributed by atoms with Crippen molar-refractivity contribution in [2.24, 2.45) is 5.10 Å². The van der Waals surface area contributed by atoms with Gasteiger partial charge < -0.3 is 5.32 Å². The van der Waals surface area contributed by atoms with Crippen LogP contribution < -0.4 is 10.3 Å². The molecule has 1 aliphatic heterocycles. The van der Waals surface area contributed by atoms with Crippen molar-refractivity contribution in [1.82, 2.24) is 5.32 Å². The van der Waals surface area contributed by atoms with Gasteiger partial charge in [-0.05, 0) is 30.3 Å². The molecule has 0 aromatic heterocycles.